The van der Waals surface area contributed by atoms with E-state index in [9.17, 15) is 31.5 Å². The molecule has 1 aromatic carbocycles. The minimum Gasteiger partial charge on any atom is -0.361 e. The molecule has 1 N–H and O–H groups in total. The van der Waals surface area contributed by atoms with Crippen LogP contribution in [0.5, 0.6) is 0 Å². The van der Waals surface area contributed by atoms with E-state index >= 15 is 0 Å². The summed E-state index contributed by atoms with van der Waals surface area (Å²) in [7, 11) is 1.36. The number of hydrogen-bond acceptors (Lipinski definition) is 4. The number of aryl methyl sites for hydroxylation is 1. The molecule has 0 aliphatic heterocycles. The number of anilines is 1. The predicted molar refractivity (Wildman–Crippen MR) is 112 cm³/mol. The van der Waals surface area contributed by atoms with E-state index in [1.807, 2.05) is 0 Å². The average molecular weight is 468 g/mol. The monoisotopic (exact) mass is 468 g/mol. The summed E-state index contributed by atoms with van der Waals surface area (Å²) >= 11 is 0. The Kier molecular flexibility index (Phi) is 5.75. The second-order valence-electron chi connectivity index (χ2n) is 8.29. The lowest BCUT2D eigenvalue weighted by Gasteiger charge is -2.20. The largest absolute Gasteiger partial charge is 0.361 e. The third-order valence-corrected chi connectivity index (χ3v) is 5.99. The highest BCUT2D eigenvalue weighted by atomic mass is 19.3. The van der Waals surface area contributed by atoms with E-state index < -0.39 is 53.4 Å². The third-order valence-electron chi connectivity index (χ3n) is 5.99. The van der Waals surface area contributed by atoms with Crippen LogP contribution in [0, 0.1) is 5.82 Å². The molecule has 1 aliphatic rings. The van der Waals surface area contributed by atoms with Gasteiger partial charge in [-0.25, -0.2) is 26.6 Å². The van der Waals surface area contributed by atoms with Gasteiger partial charge in [-0.1, -0.05) is 18.2 Å². The molecule has 1 saturated carbocycles. The van der Waals surface area contributed by atoms with E-state index in [1.54, 1.807) is 0 Å². The number of alkyl halides is 4. The average Bonchev–Trinajstić information content (AvgIpc) is 3.10. The summed E-state index contributed by atoms with van der Waals surface area (Å²) in [6, 6.07) is 3.14. The van der Waals surface area contributed by atoms with Crippen LogP contribution in [0.2, 0.25) is 0 Å². The first-order chi connectivity index (χ1) is 15.5. The first kappa shape index (κ1) is 22.9. The Morgan fingerprint density at radius 1 is 1.18 bits per heavy atom. The van der Waals surface area contributed by atoms with Gasteiger partial charge in [0.05, 0.1) is 17.0 Å². The molecule has 0 saturated heterocycles. The van der Waals surface area contributed by atoms with Gasteiger partial charge in [-0.05, 0) is 13.3 Å². The van der Waals surface area contributed by atoms with Crippen molar-refractivity contribution in [3.05, 3.63) is 68.1 Å². The standard InChI is InChI=1S/C22H21F5N4O2/c1-11(13-4-3-5-14(18(13)23)19(24)25)28-20-16-10-31(12-6-7-22(26,27)9-12)17(32)8-15(16)21(33)30(2)29-20/h3-5,8,10-12,19H,6-7,9H2,1-2H3,(H,28,29)/t11?,12-/m0/s1. The molecule has 4 rings (SSSR count). The molecular weight excluding hydrogens is 447 g/mol. The predicted octanol–water partition coefficient (Wildman–Crippen LogP) is 4.71. The lowest BCUT2D eigenvalue weighted by Crippen LogP contribution is -2.28. The summed E-state index contributed by atoms with van der Waals surface area (Å²) < 4.78 is 70.4. The van der Waals surface area contributed by atoms with Crippen molar-refractivity contribution in [2.24, 2.45) is 7.05 Å². The van der Waals surface area contributed by atoms with Crippen LogP contribution in [0.1, 0.15) is 55.8 Å². The number of hydrogen-bond donors (Lipinski definition) is 1. The highest BCUT2D eigenvalue weighted by molar-refractivity contribution is 5.90. The summed E-state index contributed by atoms with van der Waals surface area (Å²) in [5, 5.41) is 7.24. The van der Waals surface area contributed by atoms with Crippen molar-refractivity contribution >= 4 is 16.6 Å². The van der Waals surface area contributed by atoms with Crippen LogP contribution in [-0.4, -0.2) is 20.3 Å². The van der Waals surface area contributed by atoms with Gasteiger partial charge in [-0.2, -0.15) is 5.10 Å². The van der Waals surface area contributed by atoms with E-state index in [0.717, 1.165) is 21.4 Å². The molecule has 0 bridgehead atoms. The lowest BCUT2D eigenvalue weighted by atomic mass is 10.0. The topological polar surface area (TPSA) is 68.9 Å². The molecule has 6 nitrogen and oxygen atoms in total. The zero-order chi connectivity index (χ0) is 24.1. The fraction of sp³-hybridized carbons (Fsp3) is 0.409. The number of halogens is 5. The highest BCUT2D eigenvalue weighted by Crippen LogP contribution is 2.41. The molecule has 11 heteroatoms. The van der Waals surface area contributed by atoms with Gasteiger partial charge >= 0.3 is 0 Å². The minimum atomic E-state index is -2.99. The number of pyridine rings is 1. The molecule has 2 atom stereocenters. The van der Waals surface area contributed by atoms with Crippen LogP contribution >= 0.6 is 0 Å². The number of nitrogens with one attached hydrogen (secondary N) is 1. The normalized spacial score (nSPS) is 18.7. The molecule has 0 spiro atoms. The van der Waals surface area contributed by atoms with Gasteiger partial charge in [-0.15, -0.1) is 0 Å². The summed E-state index contributed by atoms with van der Waals surface area (Å²) in [5.41, 5.74) is -1.95. The molecule has 33 heavy (non-hydrogen) atoms. The van der Waals surface area contributed by atoms with Crippen LogP contribution < -0.4 is 16.4 Å². The fourth-order valence-electron chi connectivity index (χ4n) is 4.25. The van der Waals surface area contributed by atoms with Crippen molar-refractivity contribution in [2.45, 2.75) is 50.6 Å². The molecule has 2 heterocycles. The Morgan fingerprint density at radius 2 is 1.88 bits per heavy atom. The van der Waals surface area contributed by atoms with Gasteiger partial charge in [-0.3, -0.25) is 9.59 Å². The Balaban J connectivity index is 1.80. The summed E-state index contributed by atoms with van der Waals surface area (Å²) in [5.74, 6) is -3.86. The molecule has 176 valence electrons. The smallest absolute Gasteiger partial charge is 0.274 e. The molecule has 0 amide bonds. The fourth-order valence-corrected chi connectivity index (χ4v) is 4.25. The van der Waals surface area contributed by atoms with Gasteiger partial charge in [0.15, 0.2) is 5.82 Å². The molecular formula is C22H21F5N4O2. The Labute approximate surface area is 184 Å². The molecule has 1 aliphatic carbocycles. The summed E-state index contributed by atoms with van der Waals surface area (Å²) in [4.78, 5) is 25.2. The quantitative estimate of drug-likeness (QED) is 0.551. The summed E-state index contributed by atoms with van der Waals surface area (Å²) in [6.45, 7) is 1.53. The zero-order valence-electron chi connectivity index (χ0n) is 17.8. The molecule has 0 radical (unpaired) electrons. The van der Waals surface area contributed by atoms with Crippen molar-refractivity contribution < 1.29 is 22.0 Å². The Hall–Kier alpha value is -3.24. The number of aromatic nitrogens is 3. The van der Waals surface area contributed by atoms with E-state index in [0.29, 0.717) is 0 Å². The number of fused-ring (bicyclic) bond motifs is 1. The van der Waals surface area contributed by atoms with Gasteiger partial charge in [0.25, 0.3) is 17.5 Å². The van der Waals surface area contributed by atoms with Crippen molar-refractivity contribution in [3.8, 4) is 0 Å². The number of rotatable bonds is 5. The molecule has 1 fully saturated rings. The van der Waals surface area contributed by atoms with Crippen LogP contribution in [0.3, 0.4) is 0 Å². The SMILES string of the molecule is CC(Nc1nn(C)c(=O)c2cc(=O)n([C@H]3CCC(F)(F)C3)cc12)c1cccc(C(F)F)c1F. The van der Waals surface area contributed by atoms with E-state index in [4.69, 9.17) is 0 Å². The molecule has 1 unspecified atom stereocenters. The van der Waals surface area contributed by atoms with Crippen LogP contribution in [-0.2, 0) is 7.05 Å². The third kappa shape index (κ3) is 4.23. The first-order valence-electron chi connectivity index (χ1n) is 10.3. The van der Waals surface area contributed by atoms with Crippen LogP contribution in [0.4, 0.5) is 27.8 Å². The van der Waals surface area contributed by atoms with Gasteiger partial charge in [0.1, 0.15) is 5.82 Å². The zero-order valence-corrected chi connectivity index (χ0v) is 17.8. The number of nitrogens with zero attached hydrogens (tertiary/aromatic N) is 3. The molecule has 2 aromatic heterocycles. The minimum absolute atomic E-state index is 0.00927. The second-order valence-corrected chi connectivity index (χ2v) is 8.29. The van der Waals surface area contributed by atoms with Crippen LogP contribution in [0.25, 0.3) is 10.8 Å². The van der Waals surface area contributed by atoms with E-state index in [-0.39, 0.29) is 35.0 Å². The Morgan fingerprint density at radius 3 is 2.52 bits per heavy atom. The van der Waals surface area contributed by atoms with Crippen molar-refractivity contribution in [3.63, 3.8) is 0 Å². The maximum atomic E-state index is 14.6. The highest BCUT2D eigenvalue weighted by Gasteiger charge is 2.40. The van der Waals surface area contributed by atoms with Crippen molar-refractivity contribution in [2.75, 3.05) is 5.32 Å². The first-order valence-corrected chi connectivity index (χ1v) is 10.3. The molecule has 3 aromatic rings. The van der Waals surface area contributed by atoms with E-state index in [1.165, 1.54) is 32.3 Å². The maximum absolute atomic E-state index is 14.6. The van der Waals surface area contributed by atoms with Crippen molar-refractivity contribution in [1.82, 2.24) is 14.3 Å². The Bertz CT molecular complexity index is 1330. The van der Waals surface area contributed by atoms with Crippen molar-refractivity contribution in [1.29, 1.82) is 0 Å². The van der Waals surface area contributed by atoms with Gasteiger partial charge < -0.3 is 9.88 Å². The second kappa shape index (κ2) is 8.27. The van der Waals surface area contributed by atoms with E-state index in [2.05, 4.69) is 10.4 Å². The lowest BCUT2D eigenvalue weighted by molar-refractivity contribution is 0.00553. The maximum Gasteiger partial charge on any atom is 0.274 e. The number of benzene rings is 1. The van der Waals surface area contributed by atoms with Crippen LogP contribution in [0.15, 0.2) is 40.1 Å². The van der Waals surface area contributed by atoms with Gasteiger partial charge in [0.2, 0.25) is 5.92 Å². The van der Waals surface area contributed by atoms with Gasteiger partial charge in [0, 0.05) is 49.1 Å². The summed E-state index contributed by atoms with van der Waals surface area (Å²) in [6.07, 6.45) is -2.44.